The van der Waals surface area contributed by atoms with E-state index in [-0.39, 0.29) is 0 Å². The van der Waals surface area contributed by atoms with Crippen LogP contribution in [0.1, 0.15) is 41.8 Å². The summed E-state index contributed by atoms with van der Waals surface area (Å²) in [5, 5.41) is 3.67. The molecule has 0 fully saturated rings. The molecule has 0 radical (unpaired) electrons. The Labute approximate surface area is 281 Å². The highest BCUT2D eigenvalue weighted by Gasteiger charge is 2.25. The first kappa shape index (κ1) is 29.3. The third kappa shape index (κ3) is 4.43. The molecule has 0 saturated carbocycles. The number of aromatic nitrogens is 2. The van der Waals surface area contributed by atoms with Gasteiger partial charge in [-0.05, 0) is 121 Å². The number of rotatable bonds is 6. The highest BCUT2D eigenvalue weighted by Crippen LogP contribution is 2.45. The van der Waals surface area contributed by atoms with Gasteiger partial charge in [-0.25, -0.2) is 0 Å². The fourth-order valence-electron chi connectivity index (χ4n) is 7.62. The summed E-state index contributed by atoms with van der Waals surface area (Å²) in [4.78, 5) is 0. The molecule has 232 valence electrons. The van der Waals surface area contributed by atoms with Gasteiger partial charge in [0.05, 0.1) is 22.2 Å². The summed E-state index contributed by atoms with van der Waals surface area (Å²) in [6.45, 7) is 10.7. The van der Waals surface area contributed by atoms with Gasteiger partial charge in [0.1, 0.15) is 0 Å². The molecule has 3 nitrogen and oxygen atoms in total. The van der Waals surface area contributed by atoms with Crippen LogP contribution < -0.4 is 5.73 Å². The third-order valence-corrected chi connectivity index (χ3v) is 9.79. The molecule has 0 atom stereocenters. The number of allylic oxidation sites excluding steroid dienone is 5. The smallest absolute Gasteiger partial charge is 0.0541 e. The number of benzene rings is 5. The number of hydrogen-bond acceptors (Lipinski definition) is 1. The Kier molecular flexibility index (Phi) is 7.11. The summed E-state index contributed by atoms with van der Waals surface area (Å²) in [5.41, 5.74) is 22.6. The van der Waals surface area contributed by atoms with Crippen LogP contribution in [0.4, 0.5) is 0 Å². The van der Waals surface area contributed by atoms with Gasteiger partial charge in [-0.2, -0.15) is 0 Å². The van der Waals surface area contributed by atoms with Crippen LogP contribution in [0.2, 0.25) is 0 Å². The molecule has 0 saturated heterocycles. The molecule has 3 heteroatoms. The van der Waals surface area contributed by atoms with Crippen molar-refractivity contribution in [3.05, 3.63) is 168 Å². The Hall–Kier alpha value is -6.06. The minimum absolute atomic E-state index is 1.09. The second kappa shape index (κ2) is 11.6. The third-order valence-electron chi connectivity index (χ3n) is 9.79. The van der Waals surface area contributed by atoms with Gasteiger partial charge in [-0.15, -0.1) is 0 Å². The Morgan fingerprint density at radius 3 is 2.15 bits per heavy atom. The monoisotopic (exact) mass is 619 g/mol. The van der Waals surface area contributed by atoms with E-state index in [0.717, 1.165) is 16.9 Å². The van der Waals surface area contributed by atoms with Gasteiger partial charge < -0.3 is 14.9 Å². The Morgan fingerprint density at radius 2 is 1.40 bits per heavy atom. The second-order valence-electron chi connectivity index (χ2n) is 12.5. The lowest BCUT2D eigenvalue weighted by Crippen LogP contribution is -1.96. The van der Waals surface area contributed by atoms with Crippen LogP contribution in [-0.4, -0.2) is 9.13 Å². The highest BCUT2D eigenvalue weighted by atomic mass is 15.0. The highest BCUT2D eigenvalue weighted by molar-refractivity contribution is 6.13. The number of nitrogens with two attached hydrogens (primary N) is 1. The van der Waals surface area contributed by atoms with E-state index in [2.05, 4.69) is 164 Å². The van der Waals surface area contributed by atoms with E-state index < -0.39 is 0 Å². The predicted molar refractivity (Wildman–Crippen MR) is 208 cm³/mol. The van der Waals surface area contributed by atoms with Crippen LogP contribution >= 0.6 is 0 Å². The van der Waals surface area contributed by atoms with Crippen molar-refractivity contribution in [3.63, 3.8) is 0 Å². The molecule has 0 spiro atoms. The molecule has 0 aliphatic heterocycles. The van der Waals surface area contributed by atoms with Crippen molar-refractivity contribution in [2.75, 3.05) is 0 Å². The fraction of sp³-hybridized carbons (Fsp3) is 0.0667. The van der Waals surface area contributed by atoms with Crippen molar-refractivity contribution < 1.29 is 0 Å². The minimum atomic E-state index is 1.09. The maximum atomic E-state index is 5.91. The molecule has 5 aromatic carbocycles. The quantitative estimate of drug-likeness (QED) is 0.197. The van der Waals surface area contributed by atoms with Gasteiger partial charge in [0.25, 0.3) is 0 Å². The Balaban J connectivity index is 1.33. The zero-order valence-corrected chi connectivity index (χ0v) is 27.5. The zero-order chi connectivity index (χ0) is 32.9. The standard InChI is InChI=1S/C45H37N3/c1-5-13-35-39-27-32(21-23-44(39)48(41(35)6-2)33-15-8-7-9-16-33)31-20-22-43-38(26-31)36-17-10-11-19-42(36)47(43)28-40-30(4)34(24-25-46)37-18-12-14-29(3)45(37)40/h5-28H,2,46H2,1,3-4H3/b13-5-,25-24-,40-28-. The summed E-state index contributed by atoms with van der Waals surface area (Å²) in [5.74, 6) is 0. The topological polar surface area (TPSA) is 35.9 Å². The van der Waals surface area contributed by atoms with E-state index in [1.54, 1.807) is 6.20 Å². The molecule has 48 heavy (non-hydrogen) atoms. The normalized spacial score (nSPS) is 14.1. The summed E-state index contributed by atoms with van der Waals surface area (Å²) < 4.78 is 4.67. The summed E-state index contributed by atoms with van der Waals surface area (Å²) in [7, 11) is 0. The summed E-state index contributed by atoms with van der Waals surface area (Å²) in [6.07, 6.45) is 12.3. The van der Waals surface area contributed by atoms with Gasteiger partial charge in [-0.3, -0.25) is 0 Å². The van der Waals surface area contributed by atoms with Gasteiger partial charge in [0.2, 0.25) is 0 Å². The SMILES string of the molecule is C=Cc1c(/C=C\C)c2cc(-c3ccc4c(c3)c3ccccc3n4/C=C3C(C)=C(/C=C\N)c4cccc(C)c4/3)ccc2n1-c1ccccc1. The van der Waals surface area contributed by atoms with E-state index in [1.807, 2.05) is 12.2 Å². The van der Waals surface area contributed by atoms with Gasteiger partial charge in [-0.1, -0.05) is 85.5 Å². The molecule has 7 aromatic rings. The lowest BCUT2D eigenvalue weighted by Gasteiger charge is -2.10. The van der Waals surface area contributed by atoms with Crippen LogP contribution in [-0.2, 0) is 0 Å². The molecular formula is C45H37N3. The molecule has 1 aliphatic carbocycles. The molecule has 2 aromatic heterocycles. The molecule has 2 heterocycles. The number of hydrogen-bond donors (Lipinski definition) is 1. The van der Waals surface area contributed by atoms with Gasteiger partial charge in [0.15, 0.2) is 0 Å². The van der Waals surface area contributed by atoms with E-state index in [4.69, 9.17) is 5.73 Å². The molecule has 1 aliphatic rings. The number of fused-ring (bicyclic) bond motifs is 5. The van der Waals surface area contributed by atoms with Crippen molar-refractivity contribution in [1.29, 1.82) is 0 Å². The van der Waals surface area contributed by atoms with Crippen molar-refractivity contribution in [2.24, 2.45) is 5.73 Å². The molecule has 8 rings (SSSR count). The first-order valence-corrected chi connectivity index (χ1v) is 16.5. The van der Waals surface area contributed by atoms with Crippen molar-refractivity contribution in [2.45, 2.75) is 20.8 Å². The largest absolute Gasteiger partial charge is 0.405 e. The number of nitrogens with zero attached hydrogens (tertiary/aromatic N) is 2. The van der Waals surface area contributed by atoms with Crippen molar-refractivity contribution in [1.82, 2.24) is 9.13 Å². The predicted octanol–water partition coefficient (Wildman–Crippen LogP) is 11.6. The number of aryl methyl sites for hydroxylation is 1. The lowest BCUT2D eigenvalue weighted by molar-refractivity contribution is 1.11. The first-order chi connectivity index (χ1) is 23.5. The molecule has 0 unspecified atom stereocenters. The van der Waals surface area contributed by atoms with E-state index >= 15 is 0 Å². The summed E-state index contributed by atoms with van der Waals surface area (Å²) in [6, 6.07) is 39.5. The molecule has 0 amide bonds. The fourth-order valence-corrected chi connectivity index (χ4v) is 7.62. The van der Waals surface area contributed by atoms with Crippen LogP contribution in [0.3, 0.4) is 0 Å². The maximum absolute atomic E-state index is 5.91. The maximum Gasteiger partial charge on any atom is 0.0541 e. The van der Waals surface area contributed by atoms with Crippen LogP contribution in [0.5, 0.6) is 0 Å². The average molecular weight is 620 g/mol. The molecule has 0 bridgehead atoms. The van der Waals surface area contributed by atoms with Crippen molar-refractivity contribution in [3.8, 4) is 16.8 Å². The van der Waals surface area contributed by atoms with E-state index in [9.17, 15) is 0 Å². The van der Waals surface area contributed by atoms with Crippen LogP contribution in [0, 0.1) is 6.92 Å². The Morgan fingerprint density at radius 1 is 0.688 bits per heavy atom. The molecule has 2 N–H and O–H groups in total. The first-order valence-electron chi connectivity index (χ1n) is 16.5. The van der Waals surface area contributed by atoms with Crippen LogP contribution in [0.15, 0.2) is 140 Å². The van der Waals surface area contributed by atoms with Gasteiger partial charge >= 0.3 is 0 Å². The molecular weight excluding hydrogens is 583 g/mol. The van der Waals surface area contributed by atoms with E-state index in [0.29, 0.717) is 0 Å². The minimum Gasteiger partial charge on any atom is -0.405 e. The second-order valence-corrected chi connectivity index (χ2v) is 12.5. The summed E-state index contributed by atoms with van der Waals surface area (Å²) >= 11 is 0. The number of para-hydroxylation sites is 2. The Bertz CT molecular complexity index is 2540. The lowest BCUT2D eigenvalue weighted by atomic mass is 9.98. The van der Waals surface area contributed by atoms with E-state index in [1.165, 1.54) is 77.3 Å². The average Bonchev–Trinajstić information content (AvgIpc) is 3.71. The van der Waals surface area contributed by atoms with Gasteiger partial charge in [0, 0.05) is 39.2 Å². The van der Waals surface area contributed by atoms with Crippen LogP contribution in [0.25, 0.3) is 79.0 Å². The zero-order valence-electron chi connectivity index (χ0n) is 27.5. The van der Waals surface area contributed by atoms with Crippen molar-refractivity contribution >= 4 is 62.2 Å².